The predicted molar refractivity (Wildman–Crippen MR) is 82.0 cm³/mol. The predicted octanol–water partition coefficient (Wildman–Crippen LogP) is 1.96. The van der Waals surface area contributed by atoms with Gasteiger partial charge < -0.3 is 19.4 Å². The molecule has 0 saturated carbocycles. The lowest BCUT2D eigenvalue weighted by Crippen LogP contribution is -2.41. The van der Waals surface area contributed by atoms with Gasteiger partial charge in [-0.25, -0.2) is 9.59 Å². The van der Waals surface area contributed by atoms with Crippen LogP contribution in [-0.2, 0) is 21.7 Å². The number of hydrogen-bond donors (Lipinski definition) is 2. The third-order valence-electron chi connectivity index (χ3n) is 4.04. The highest BCUT2D eigenvalue weighted by molar-refractivity contribution is 5.81. The Morgan fingerprint density at radius 1 is 1.25 bits per heavy atom. The second-order valence-corrected chi connectivity index (χ2v) is 5.74. The van der Waals surface area contributed by atoms with Crippen LogP contribution >= 0.6 is 0 Å². The molecule has 1 unspecified atom stereocenters. The molecule has 1 aromatic heterocycles. The van der Waals surface area contributed by atoms with E-state index >= 15 is 0 Å². The molecule has 1 amide bonds. The smallest absolute Gasteiger partial charge is 0.410 e. The number of aliphatic carboxylic acids is 1. The summed E-state index contributed by atoms with van der Waals surface area (Å²) in [5.74, 6) is -0.971. The first-order valence-corrected chi connectivity index (χ1v) is 7.46. The van der Waals surface area contributed by atoms with Crippen LogP contribution in [0.3, 0.4) is 0 Å². The van der Waals surface area contributed by atoms with Gasteiger partial charge in [0.05, 0.1) is 12.8 Å². The van der Waals surface area contributed by atoms with Crippen molar-refractivity contribution in [2.75, 3.05) is 6.54 Å². The van der Waals surface area contributed by atoms with Crippen molar-refractivity contribution >= 4 is 12.1 Å². The molecule has 2 atom stereocenters. The third kappa shape index (κ3) is 3.11. The molecule has 1 aromatic carbocycles. The molecule has 0 spiro atoms. The third-order valence-corrected chi connectivity index (χ3v) is 4.04. The number of carboxylic acid groups (broad SMARTS) is 1. The van der Waals surface area contributed by atoms with Gasteiger partial charge in [0.2, 0.25) is 0 Å². The van der Waals surface area contributed by atoms with Crippen LogP contribution in [0.15, 0.2) is 53.1 Å². The Kier molecular flexibility index (Phi) is 4.26. The van der Waals surface area contributed by atoms with Crippen LogP contribution in [-0.4, -0.2) is 39.8 Å². The van der Waals surface area contributed by atoms with Crippen molar-refractivity contribution in [1.82, 2.24) is 4.90 Å². The number of hydrogen-bond acceptors (Lipinski definition) is 5. The summed E-state index contributed by atoms with van der Waals surface area (Å²) in [5.41, 5.74) is -0.753. The fourth-order valence-corrected chi connectivity index (χ4v) is 2.82. The Hall–Kier alpha value is -2.80. The van der Waals surface area contributed by atoms with E-state index in [9.17, 15) is 19.8 Å². The molecule has 3 rings (SSSR count). The number of nitrogens with zero attached hydrogens (tertiary/aromatic N) is 1. The van der Waals surface area contributed by atoms with Crippen LogP contribution in [0.5, 0.6) is 0 Å². The largest absolute Gasteiger partial charge is 0.480 e. The highest BCUT2D eigenvalue weighted by Gasteiger charge is 2.51. The van der Waals surface area contributed by atoms with Gasteiger partial charge in [-0.1, -0.05) is 30.3 Å². The number of ether oxygens (including phenoxy) is 1. The lowest BCUT2D eigenvalue weighted by molar-refractivity contribution is -0.141. The summed E-state index contributed by atoms with van der Waals surface area (Å²) in [7, 11) is 0. The molecule has 126 valence electrons. The van der Waals surface area contributed by atoms with Crippen LogP contribution in [0.4, 0.5) is 4.79 Å². The summed E-state index contributed by atoms with van der Waals surface area (Å²) < 4.78 is 10.4. The molecule has 1 saturated heterocycles. The van der Waals surface area contributed by atoms with E-state index in [2.05, 4.69) is 0 Å². The second-order valence-electron chi connectivity index (χ2n) is 5.74. The number of furan rings is 1. The molecule has 2 N–H and O–H groups in total. The van der Waals surface area contributed by atoms with Crippen molar-refractivity contribution in [3.8, 4) is 0 Å². The van der Waals surface area contributed by atoms with Crippen LogP contribution in [0.2, 0.25) is 0 Å². The number of carboxylic acids is 1. The molecular formula is C17H17NO6. The van der Waals surface area contributed by atoms with Gasteiger partial charge in [-0.05, 0) is 17.7 Å². The zero-order valence-electron chi connectivity index (χ0n) is 12.8. The lowest BCUT2D eigenvalue weighted by Gasteiger charge is -2.22. The highest BCUT2D eigenvalue weighted by Crippen LogP contribution is 2.36. The lowest BCUT2D eigenvalue weighted by atomic mass is 9.97. The van der Waals surface area contributed by atoms with Crippen LogP contribution in [0.25, 0.3) is 0 Å². The highest BCUT2D eigenvalue weighted by atomic mass is 16.6. The minimum absolute atomic E-state index is 0.0295. The summed E-state index contributed by atoms with van der Waals surface area (Å²) in [5, 5.41) is 20.0. The normalized spacial score (nSPS) is 23.2. The maximum Gasteiger partial charge on any atom is 0.410 e. The Labute approximate surface area is 138 Å². The minimum Gasteiger partial charge on any atom is -0.480 e. The number of β-amino-alcohol motifs (C(OH)–C–C–N with tert-alkyl or cyclic N) is 1. The van der Waals surface area contributed by atoms with Gasteiger partial charge in [-0.2, -0.15) is 0 Å². The first kappa shape index (κ1) is 16.1. The number of carbonyl (C=O) groups is 2. The summed E-state index contributed by atoms with van der Waals surface area (Å²) in [6, 6.07) is 11.0. The molecule has 1 fully saturated rings. The second kappa shape index (κ2) is 6.37. The average molecular weight is 331 g/mol. The van der Waals surface area contributed by atoms with Gasteiger partial charge in [-0.15, -0.1) is 0 Å². The van der Waals surface area contributed by atoms with Gasteiger partial charge in [0.1, 0.15) is 24.0 Å². The first-order valence-electron chi connectivity index (χ1n) is 7.46. The number of likely N-dealkylation sites (tertiary alicyclic amines) is 1. The van der Waals surface area contributed by atoms with Crippen LogP contribution < -0.4 is 0 Å². The Balaban J connectivity index is 1.73. The van der Waals surface area contributed by atoms with Crippen molar-refractivity contribution in [2.45, 2.75) is 24.7 Å². The van der Waals surface area contributed by atoms with Gasteiger partial charge in [-0.3, -0.25) is 4.90 Å². The molecule has 2 heterocycles. The van der Waals surface area contributed by atoms with E-state index in [4.69, 9.17) is 9.15 Å². The van der Waals surface area contributed by atoms with Gasteiger partial charge >= 0.3 is 12.1 Å². The molecule has 0 bridgehead atoms. The fourth-order valence-electron chi connectivity index (χ4n) is 2.82. The number of carbonyl (C=O) groups excluding carboxylic acids is 1. The summed E-state index contributed by atoms with van der Waals surface area (Å²) in [6.45, 7) is -0.174. The Morgan fingerprint density at radius 3 is 2.62 bits per heavy atom. The zero-order valence-corrected chi connectivity index (χ0v) is 12.8. The zero-order chi connectivity index (χ0) is 17.2. The molecule has 7 heteroatoms. The molecular weight excluding hydrogens is 314 g/mol. The van der Waals surface area contributed by atoms with Crippen molar-refractivity contribution in [2.24, 2.45) is 0 Å². The number of aliphatic hydroxyl groups is 1. The van der Waals surface area contributed by atoms with Crippen LogP contribution in [0.1, 0.15) is 17.7 Å². The first-order chi connectivity index (χ1) is 11.5. The topological polar surface area (TPSA) is 100 Å². The van der Waals surface area contributed by atoms with Crippen LogP contribution in [0, 0.1) is 0 Å². The summed E-state index contributed by atoms with van der Waals surface area (Å²) >= 11 is 0. The molecule has 1 aliphatic heterocycles. The Bertz CT molecular complexity index is 714. The van der Waals surface area contributed by atoms with E-state index in [0.717, 1.165) is 10.5 Å². The summed E-state index contributed by atoms with van der Waals surface area (Å²) in [6.07, 6.45) is 0.448. The molecule has 7 nitrogen and oxygen atoms in total. The SMILES string of the molecule is O=C(O)[C@@H]1CC(O)(c2ccco2)CN1C(=O)OCc1ccccc1. The molecule has 1 aliphatic rings. The molecule has 2 aromatic rings. The molecule has 24 heavy (non-hydrogen) atoms. The van der Waals surface area contributed by atoms with Crippen molar-refractivity contribution in [1.29, 1.82) is 0 Å². The average Bonchev–Trinajstić information content (AvgIpc) is 3.22. The van der Waals surface area contributed by atoms with E-state index in [0.29, 0.717) is 0 Å². The maximum atomic E-state index is 12.3. The maximum absolute atomic E-state index is 12.3. The van der Waals surface area contributed by atoms with E-state index in [1.54, 1.807) is 24.3 Å². The standard InChI is InChI=1S/C17H17NO6/c19-15(20)13-9-17(22,14-7-4-8-23-14)11-18(13)16(21)24-10-12-5-2-1-3-6-12/h1-8,13,22H,9-11H2,(H,19,20)/t13-,17?/m0/s1. The fraction of sp³-hybridized carbons (Fsp3) is 0.294. The van der Waals surface area contributed by atoms with Crippen molar-refractivity contribution < 1.29 is 29.0 Å². The monoisotopic (exact) mass is 331 g/mol. The van der Waals surface area contributed by atoms with Gasteiger partial charge in [0.15, 0.2) is 0 Å². The Morgan fingerprint density at radius 2 is 2.00 bits per heavy atom. The molecule has 0 radical (unpaired) electrons. The summed E-state index contributed by atoms with van der Waals surface area (Å²) in [4.78, 5) is 24.8. The number of benzene rings is 1. The van der Waals surface area contributed by atoms with E-state index in [1.165, 1.54) is 6.26 Å². The quantitative estimate of drug-likeness (QED) is 0.888. The van der Waals surface area contributed by atoms with Gasteiger partial charge in [0, 0.05) is 6.42 Å². The van der Waals surface area contributed by atoms with Crippen molar-refractivity contribution in [3.63, 3.8) is 0 Å². The van der Waals surface area contributed by atoms with Crippen molar-refractivity contribution in [3.05, 3.63) is 60.1 Å². The van der Waals surface area contributed by atoms with E-state index in [-0.39, 0.29) is 25.3 Å². The number of amides is 1. The van der Waals surface area contributed by atoms with Gasteiger partial charge in [0.25, 0.3) is 0 Å². The van der Waals surface area contributed by atoms with E-state index in [1.807, 2.05) is 18.2 Å². The molecule has 0 aliphatic carbocycles. The van der Waals surface area contributed by atoms with E-state index < -0.39 is 23.7 Å². The minimum atomic E-state index is -1.54. The number of rotatable bonds is 4.